The van der Waals surface area contributed by atoms with Crippen molar-refractivity contribution in [2.45, 2.75) is 76.0 Å². The number of hydrogen-bond acceptors (Lipinski definition) is 13. The van der Waals surface area contributed by atoms with Gasteiger partial charge in [-0.25, -0.2) is 0 Å². The molecule has 0 aromatic carbocycles. The van der Waals surface area contributed by atoms with Gasteiger partial charge in [-0.2, -0.15) is 13.2 Å². The molecule has 0 aromatic heterocycles. The Morgan fingerprint density at radius 2 is 1.81 bits per heavy atom. The molecular weight excluding hydrogens is 641 g/mol. The molecule has 2 aliphatic carbocycles. The molecule has 0 spiro atoms. The summed E-state index contributed by atoms with van der Waals surface area (Å²) in [5.74, 6) is -2.15. The molecule has 0 amide bonds. The quantitative estimate of drug-likeness (QED) is 0.0523. The van der Waals surface area contributed by atoms with E-state index >= 15 is 0 Å². The molecule has 47 heavy (non-hydrogen) atoms. The lowest BCUT2D eigenvalue weighted by Gasteiger charge is -2.23. The van der Waals surface area contributed by atoms with Gasteiger partial charge in [0, 0.05) is 24.3 Å². The van der Waals surface area contributed by atoms with Gasteiger partial charge in [-0.15, -0.1) is 20.2 Å². The first-order valence-electron chi connectivity index (χ1n) is 15.0. The van der Waals surface area contributed by atoms with Gasteiger partial charge in [0.2, 0.25) is 0 Å². The van der Waals surface area contributed by atoms with Gasteiger partial charge in [0.05, 0.1) is 18.8 Å². The average Bonchev–Trinajstić information content (AvgIpc) is 3.26. The Kier molecular flexibility index (Phi) is 16.6. The Hall–Kier alpha value is -3.74. The van der Waals surface area contributed by atoms with Crippen molar-refractivity contribution >= 4 is 5.97 Å². The van der Waals surface area contributed by atoms with E-state index in [4.69, 9.17) is 14.2 Å². The third-order valence-electron chi connectivity index (χ3n) is 7.48. The van der Waals surface area contributed by atoms with E-state index in [1.807, 2.05) is 0 Å². The highest BCUT2D eigenvalue weighted by Gasteiger charge is 2.40. The third-order valence-corrected chi connectivity index (χ3v) is 7.48. The number of ether oxygens (including phenoxy) is 3. The van der Waals surface area contributed by atoms with E-state index in [9.17, 15) is 53.5 Å². The molecule has 3 N–H and O–H groups in total. The summed E-state index contributed by atoms with van der Waals surface area (Å²) in [6.45, 7) is -0.495. The topological polar surface area (TPSA) is 210 Å². The molecule has 1 saturated carbocycles. The second-order valence-electron chi connectivity index (χ2n) is 11.1. The fraction of sp³-hybridized carbons (Fsp3) is 0.690. The van der Waals surface area contributed by atoms with Crippen LogP contribution in [0.5, 0.6) is 0 Å². The molecule has 1 fully saturated rings. The number of halogens is 3. The molecule has 7 atom stereocenters. The molecule has 18 heteroatoms. The Labute approximate surface area is 268 Å². The van der Waals surface area contributed by atoms with Gasteiger partial charge in [-0.05, 0) is 49.7 Å². The van der Waals surface area contributed by atoms with Gasteiger partial charge in [0.25, 0.3) is 10.2 Å². The number of unbranched alkanes of at least 4 members (excludes halogenated alkanes) is 1. The van der Waals surface area contributed by atoms with Crippen molar-refractivity contribution in [1.82, 2.24) is 0 Å². The summed E-state index contributed by atoms with van der Waals surface area (Å²) >= 11 is 0. The van der Waals surface area contributed by atoms with E-state index in [1.54, 1.807) is 18.2 Å². The highest BCUT2D eigenvalue weighted by atomic mass is 19.4. The van der Waals surface area contributed by atoms with Gasteiger partial charge in [0.1, 0.15) is 44.4 Å². The lowest BCUT2D eigenvalue weighted by Crippen LogP contribution is -2.29. The van der Waals surface area contributed by atoms with E-state index < -0.39 is 77.4 Å². The smallest absolute Gasteiger partial charge is 0.413 e. The highest BCUT2D eigenvalue weighted by Crippen LogP contribution is 2.38. The monoisotopic (exact) mass is 682 g/mol. The van der Waals surface area contributed by atoms with Crippen LogP contribution in [-0.4, -0.2) is 95.1 Å². The Bertz CT molecular complexity index is 1140. The Morgan fingerprint density at radius 3 is 2.49 bits per heavy atom. The average molecular weight is 683 g/mol. The molecule has 266 valence electrons. The van der Waals surface area contributed by atoms with Crippen molar-refractivity contribution in [3.63, 3.8) is 0 Å². The normalized spacial score (nSPS) is 24.4. The summed E-state index contributed by atoms with van der Waals surface area (Å²) in [7, 11) is 0. The van der Waals surface area contributed by atoms with E-state index in [0.29, 0.717) is 19.3 Å². The van der Waals surface area contributed by atoms with Crippen molar-refractivity contribution < 1.29 is 67.3 Å². The number of nitrogens with zero attached hydrogens (tertiary/aromatic N) is 2. The molecule has 0 bridgehead atoms. The van der Waals surface area contributed by atoms with Crippen LogP contribution in [0.15, 0.2) is 47.8 Å². The van der Waals surface area contributed by atoms with E-state index in [0.717, 1.165) is 6.08 Å². The van der Waals surface area contributed by atoms with Crippen molar-refractivity contribution in [2.75, 3.05) is 33.0 Å². The van der Waals surface area contributed by atoms with E-state index in [1.165, 1.54) is 19.1 Å². The predicted octanol–water partition coefficient (Wildman–Crippen LogP) is 3.15. The first-order valence-corrected chi connectivity index (χ1v) is 15.0. The predicted molar refractivity (Wildman–Crippen MR) is 155 cm³/mol. The first-order chi connectivity index (χ1) is 22.2. The molecule has 2 aliphatic rings. The minimum atomic E-state index is -4.47. The molecule has 0 aliphatic heterocycles. The molecular formula is C29H41F3N2O13. The summed E-state index contributed by atoms with van der Waals surface area (Å²) < 4.78 is 55.1. The molecule has 2 rings (SSSR count). The summed E-state index contributed by atoms with van der Waals surface area (Å²) in [5, 5.41) is 49.7. The van der Waals surface area contributed by atoms with Crippen LogP contribution in [0.25, 0.3) is 0 Å². The van der Waals surface area contributed by atoms with Crippen LogP contribution >= 0.6 is 0 Å². The number of carbonyl (C=O) groups is 1. The van der Waals surface area contributed by atoms with Crippen LogP contribution in [-0.2, 0) is 28.7 Å². The number of carbonyl (C=O) groups excluding carboxylic acids is 1. The Morgan fingerprint density at radius 1 is 1.09 bits per heavy atom. The van der Waals surface area contributed by atoms with Crippen molar-refractivity contribution in [2.24, 2.45) is 17.8 Å². The SMILES string of the molecule is CC1CC=C(OC[C@H](O)/C=C/[C@@H]2[C@@H](C/C=C\CCCC(=O)OCC(CO[N+](=O)[O-])OCCO[N+](=O)[O-])[C@@H](O)C[C@H]2O)C=C1C(F)(F)F. The van der Waals surface area contributed by atoms with Gasteiger partial charge >= 0.3 is 12.1 Å². The van der Waals surface area contributed by atoms with Gasteiger partial charge in [-0.3, -0.25) is 4.79 Å². The van der Waals surface area contributed by atoms with E-state index in [-0.39, 0.29) is 50.8 Å². The summed E-state index contributed by atoms with van der Waals surface area (Å²) in [6.07, 6.45) is 2.18. The molecule has 2 unspecified atom stereocenters. The summed E-state index contributed by atoms with van der Waals surface area (Å²) in [5.41, 5.74) is -0.697. The minimum Gasteiger partial charge on any atom is -0.491 e. The minimum absolute atomic E-state index is 0.0108. The van der Waals surface area contributed by atoms with Crippen molar-refractivity contribution in [3.05, 3.63) is 68.0 Å². The first kappa shape index (κ1) is 39.4. The number of rotatable bonds is 21. The van der Waals surface area contributed by atoms with Gasteiger partial charge in [0.15, 0.2) is 0 Å². The summed E-state index contributed by atoms with van der Waals surface area (Å²) in [6, 6.07) is 0. The third kappa shape index (κ3) is 15.1. The molecule has 0 radical (unpaired) electrons. The lowest BCUT2D eigenvalue weighted by molar-refractivity contribution is -0.760. The standard InChI is InChI=1S/C29H41F3N2O13/c1-19-8-10-21(14-25(19)29(30,31)32)44-16-20(35)9-11-24-23(26(36)15-27(24)37)6-4-2-3-5-7-28(38)45-17-22(18-47-34(41)42)43-12-13-46-33(39)40/h2,4,9-11,14,19-20,22-24,26-27,35-37H,3,5-8,12-13,15-18H2,1H3/b4-2-,11-9+/t19?,20-,22?,23-,24-,26+,27-/m1/s1. The van der Waals surface area contributed by atoms with Crippen LogP contribution in [0.4, 0.5) is 13.2 Å². The molecule has 15 nitrogen and oxygen atoms in total. The highest BCUT2D eigenvalue weighted by molar-refractivity contribution is 5.69. The lowest BCUT2D eigenvalue weighted by atomic mass is 9.89. The largest absolute Gasteiger partial charge is 0.491 e. The van der Waals surface area contributed by atoms with Crippen LogP contribution in [0.3, 0.4) is 0 Å². The number of alkyl halides is 3. The number of hydrogen-bond donors (Lipinski definition) is 3. The number of esters is 1. The second kappa shape index (κ2) is 19.8. The van der Waals surface area contributed by atoms with Crippen LogP contribution in [0.2, 0.25) is 0 Å². The van der Waals surface area contributed by atoms with E-state index in [2.05, 4.69) is 9.68 Å². The van der Waals surface area contributed by atoms with Crippen molar-refractivity contribution in [1.29, 1.82) is 0 Å². The fourth-order valence-electron chi connectivity index (χ4n) is 5.04. The maximum Gasteiger partial charge on any atom is 0.413 e. The van der Waals surface area contributed by atoms with Gasteiger partial charge in [-0.1, -0.05) is 31.2 Å². The maximum absolute atomic E-state index is 13.2. The van der Waals surface area contributed by atoms with Gasteiger partial charge < -0.3 is 39.2 Å². The molecule has 0 heterocycles. The zero-order chi connectivity index (χ0) is 35.0. The van der Waals surface area contributed by atoms with Crippen LogP contribution < -0.4 is 0 Å². The zero-order valence-electron chi connectivity index (χ0n) is 25.7. The van der Waals surface area contributed by atoms with Crippen LogP contribution in [0.1, 0.15) is 45.4 Å². The second-order valence-corrected chi connectivity index (χ2v) is 11.1. The number of allylic oxidation sites excluding steroid dienone is 5. The molecule has 0 aromatic rings. The molecule has 0 saturated heterocycles. The maximum atomic E-state index is 13.2. The fourth-order valence-corrected chi connectivity index (χ4v) is 5.04. The Balaban J connectivity index is 1.75. The van der Waals surface area contributed by atoms with Crippen LogP contribution in [0, 0.1) is 38.0 Å². The summed E-state index contributed by atoms with van der Waals surface area (Å²) in [4.78, 5) is 40.9. The van der Waals surface area contributed by atoms with Crippen molar-refractivity contribution in [3.8, 4) is 0 Å². The number of aliphatic hydroxyl groups is 3. The zero-order valence-corrected chi connectivity index (χ0v) is 25.7. The number of aliphatic hydroxyl groups excluding tert-OH is 3.